The zero-order chi connectivity index (χ0) is 18.0. The highest BCUT2D eigenvalue weighted by atomic mass is 16.7. The predicted octanol–water partition coefficient (Wildman–Crippen LogP) is -2.19. The van der Waals surface area contributed by atoms with Crippen LogP contribution in [-0.2, 0) is 18.9 Å². The van der Waals surface area contributed by atoms with Gasteiger partial charge in [0, 0.05) is 18.9 Å². The largest absolute Gasteiger partial charge is 0.394 e. The Bertz CT molecular complexity index is 377. The Labute approximate surface area is 140 Å². The molecule has 142 valence electrons. The summed E-state index contributed by atoms with van der Waals surface area (Å²) < 4.78 is 22.1. The molecule has 2 rings (SSSR count). The Balaban J connectivity index is 2.14. The molecular formula is C15H28O9. The quantitative estimate of drug-likeness (QED) is 0.373. The smallest absolute Gasteiger partial charge is 0.163 e. The summed E-state index contributed by atoms with van der Waals surface area (Å²) in [6, 6.07) is 0. The molecule has 9 heteroatoms. The van der Waals surface area contributed by atoms with Crippen LogP contribution in [0.4, 0.5) is 0 Å². The van der Waals surface area contributed by atoms with Crippen LogP contribution in [0.5, 0.6) is 0 Å². The molecule has 2 saturated heterocycles. The van der Waals surface area contributed by atoms with Crippen LogP contribution in [0.1, 0.15) is 13.8 Å². The van der Waals surface area contributed by atoms with Crippen LogP contribution in [0.25, 0.3) is 0 Å². The Morgan fingerprint density at radius 2 is 1.33 bits per heavy atom. The highest BCUT2D eigenvalue weighted by molar-refractivity contribution is 4.91. The van der Waals surface area contributed by atoms with E-state index in [-0.39, 0.29) is 5.92 Å². The summed E-state index contributed by atoms with van der Waals surface area (Å²) in [5.74, 6) is -0.959. The van der Waals surface area contributed by atoms with Crippen LogP contribution in [0.3, 0.4) is 0 Å². The van der Waals surface area contributed by atoms with Crippen LogP contribution in [-0.4, -0.2) is 95.1 Å². The molecule has 0 amide bonds. The lowest BCUT2D eigenvalue weighted by Crippen LogP contribution is -2.60. The zero-order valence-electron chi connectivity index (χ0n) is 14.1. The lowest BCUT2D eigenvalue weighted by atomic mass is 9.90. The lowest BCUT2D eigenvalue weighted by Gasteiger charge is -2.47. The fourth-order valence-electron chi connectivity index (χ4n) is 3.21. The van der Waals surface area contributed by atoms with Crippen LogP contribution in [0.2, 0.25) is 0 Å². The maximum Gasteiger partial charge on any atom is 0.163 e. The second-order valence-corrected chi connectivity index (χ2v) is 6.48. The molecule has 0 bridgehead atoms. The first-order valence-electron chi connectivity index (χ1n) is 8.10. The van der Waals surface area contributed by atoms with Crippen molar-refractivity contribution in [3.8, 4) is 0 Å². The van der Waals surface area contributed by atoms with Crippen LogP contribution in [0.15, 0.2) is 0 Å². The van der Waals surface area contributed by atoms with Gasteiger partial charge in [-0.15, -0.1) is 0 Å². The van der Waals surface area contributed by atoms with Crippen molar-refractivity contribution in [2.75, 3.05) is 20.3 Å². The minimum Gasteiger partial charge on any atom is -0.394 e. The number of aliphatic hydroxyl groups excluding tert-OH is 5. The minimum absolute atomic E-state index is 0.375. The highest BCUT2D eigenvalue weighted by Crippen LogP contribution is 2.33. The summed E-state index contributed by atoms with van der Waals surface area (Å²) in [5, 5.41) is 49.0. The molecule has 0 aliphatic carbocycles. The number of aliphatic hydroxyl groups is 5. The minimum atomic E-state index is -1.22. The summed E-state index contributed by atoms with van der Waals surface area (Å²) in [7, 11) is 1.45. The Kier molecular flexibility index (Phi) is 6.94. The van der Waals surface area contributed by atoms with Crippen molar-refractivity contribution < 1.29 is 44.5 Å². The molecule has 0 aromatic rings. The average Bonchev–Trinajstić information content (AvgIpc) is 2.58. The maximum absolute atomic E-state index is 10.4. The normalized spacial score (nSPS) is 50.0. The number of hydrogen-bond donors (Lipinski definition) is 5. The van der Waals surface area contributed by atoms with Gasteiger partial charge in [0.15, 0.2) is 12.6 Å². The second-order valence-electron chi connectivity index (χ2n) is 6.48. The topological polar surface area (TPSA) is 138 Å². The van der Waals surface area contributed by atoms with Crippen molar-refractivity contribution in [2.45, 2.75) is 63.1 Å². The highest BCUT2D eigenvalue weighted by Gasteiger charge is 2.48. The van der Waals surface area contributed by atoms with E-state index in [1.807, 2.05) is 0 Å². The molecule has 10 atom stereocenters. The monoisotopic (exact) mass is 352 g/mol. The van der Waals surface area contributed by atoms with Gasteiger partial charge in [-0.1, -0.05) is 13.8 Å². The molecule has 0 aromatic carbocycles. The van der Waals surface area contributed by atoms with E-state index in [2.05, 4.69) is 0 Å². The predicted molar refractivity (Wildman–Crippen MR) is 79.7 cm³/mol. The van der Waals surface area contributed by atoms with Gasteiger partial charge in [0.05, 0.1) is 25.4 Å². The van der Waals surface area contributed by atoms with E-state index in [1.165, 1.54) is 7.11 Å². The molecule has 9 nitrogen and oxygen atoms in total. The SMILES string of the molecule is COC1OC(CO)[C@H](O)[C@H](O[C@@H]2OC(CO)[C@H](O)[C@H](O)C2C)C1C. The molecule has 0 spiro atoms. The van der Waals surface area contributed by atoms with Gasteiger partial charge in [0.2, 0.25) is 0 Å². The van der Waals surface area contributed by atoms with Gasteiger partial charge in [0.25, 0.3) is 0 Å². The van der Waals surface area contributed by atoms with Gasteiger partial charge in [-0.25, -0.2) is 0 Å². The van der Waals surface area contributed by atoms with Crippen molar-refractivity contribution in [2.24, 2.45) is 11.8 Å². The first-order valence-corrected chi connectivity index (χ1v) is 8.10. The van der Waals surface area contributed by atoms with E-state index in [9.17, 15) is 25.5 Å². The third-order valence-electron chi connectivity index (χ3n) is 4.87. The third-order valence-corrected chi connectivity index (χ3v) is 4.87. The van der Waals surface area contributed by atoms with E-state index in [0.717, 1.165) is 0 Å². The molecule has 0 radical (unpaired) electrons. The van der Waals surface area contributed by atoms with Crippen LogP contribution in [0, 0.1) is 11.8 Å². The van der Waals surface area contributed by atoms with Crippen molar-refractivity contribution >= 4 is 0 Å². The summed E-state index contributed by atoms with van der Waals surface area (Å²) >= 11 is 0. The van der Waals surface area contributed by atoms with Gasteiger partial charge in [-0.05, 0) is 0 Å². The van der Waals surface area contributed by atoms with E-state index in [4.69, 9.17) is 18.9 Å². The fourth-order valence-corrected chi connectivity index (χ4v) is 3.21. The van der Waals surface area contributed by atoms with E-state index < -0.39 is 68.3 Å². The Morgan fingerprint density at radius 3 is 1.88 bits per heavy atom. The lowest BCUT2D eigenvalue weighted by molar-refractivity contribution is -0.340. The van der Waals surface area contributed by atoms with Crippen molar-refractivity contribution in [3.63, 3.8) is 0 Å². The average molecular weight is 352 g/mol. The van der Waals surface area contributed by atoms with E-state index in [1.54, 1.807) is 13.8 Å². The molecule has 2 aliphatic rings. The first-order chi connectivity index (χ1) is 11.3. The summed E-state index contributed by atoms with van der Waals surface area (Å²) in [4.78, 5) is 0. The molecule has 24 heavy (non-hydrogen) atoms. The van der Waals surface area contributed by atoms with Gasteiger partial charge in [0.1, 0.15) is 24.4 Å². The van der Waals surface area contributed by atoms with Gasteiger partial charge < -0.3 is 44.5 Å². The van der Waals surface area contributed by atoms with Crippen molar-refractivity contribution in [3.05, 3.63) is 0 Å². The number of rotatable bonds is 5. The molecule has 0 saturated carbocycles. The van der Waals surface area contributed by atoms with Gasteiger partial charge >= 0.3 is 0 Å². The molecule has 2 aliphatic heterocycles. The Morgan fingerprint density at radius 1 is 0.792 bits per heavy atom. The zero-order valence-corrected chi connectivity index (χ0v) is 14.1. The first kappa shape index (κ1) is 20.0. The number of methoxy groups -OCH3 is 1. The summed E-state index contributed by atoms with van der Waals surface area (Å²) in [6.45, 7) is 2.52. The molecular weight excluding hydrogens is 324 g/mol. The van der Waals surface area contributed by atoms with Crippen LogP contribution < -0.4 is 0 Å². The van der Waals surface area contributed by atoms with E-state index in [0.29, 0.717) is 0 Å². The molecule has 5 unspecified atom stereocenters. The summed E-state index contributed by atoms with van der Waals surface area (Å²) in [5.41, 5.74) is 0. The van der Waals surface area contributed by atoms with E-state index >= 15 is 0 Å². The summed E-state index contributed by atoms with van der Waals surface area (Å²) in [6.07, 6.45) is -7.76. The molecule has 0 aromatic heterocycles. The van der Waals surface area contributed by atoms with Gasteiger partial charge in [-0.3, -0.25) is 0 Å². The maximum atomic E-state index is 10.4. The molecule has 2 fully saturated rings. The number of hydrogen-bond acceptors (Lipinski definition) is 9. The third kappa shape index (κ3) is 3.74. The number of ether oxygens (including phenoxy) is 4. The molecule has 2 heterocycles. The van der Waals surface area contributed by atoms with Crippen molar-refractivity contribution in [1.82, 2.24) is 0 Å². The Hall–Kier alpha value is -0.360. The van der Waals surface area contributed by atoms with Gasteiger partial charge in [-0.2, -0.15) is 0 Å². The van der Waals surface area contributed by atoms with Crippen molar-refractivity contribution in [1.29, 1.82) is 0 Å². The van der Waals surface area contributed by atoms with Crippen LogP contribution >= 0.6 is 0 Å². The fraction of sp³-hybridized carbons (Fsp3) is 1.00. The second kappa shape index (κ2) is 8.35. The standard InChI is InChI=1S/C15H28O9/c1-6-10(18)11(19)8(4-16)23-15(6)24-13-7(2)14(21-3)22-9(5-17)12(13)20/h6-20H,4-5H2,1-3H3/t6?,7?,8?,9?,10-,11+,12+,13-,14?,15+/m1/s1. The molecule has 5 N–H and O–H groups in total.